The summed E-state index contributed by atoms with van der Waals surface area (Å²) in [6, 6.07) is 8.96. The molecule has 1 N–H and O–H groups in total. The van der Waals surface area contributed by atoms with Crippen LogP contribution in [-0.4, -0.2) is 10.8 Å². The number of nitro benzene ring substituents is 1. The molecule has 0 saturated carbocycles. The first-order valence-electron chi connectivity index (χ1n) is 5.59. The molecule has 0 fully saturated rings. The van der Waals surface area contributed by atoms with Crippen LogP contribution in [0.4, 0.5) is 11.4 Å². The summed E-state index contributed by atoms with van der Waals surface area (Å²) in [6.07, 6.45) is 0. The monoisotopic (exact) mass is 388 g/mol. The lowest BCUT2D eigenvalue weighted by Gasteiger charge is -2.09. The molecule has 2 aromatic carbocycles. The molecule has 108 valence electrons. The van der Waals surface area contributed by atoms with E-state index < -0.39 is 10.8 Å². The Labute approximate surface area is 138 Å². The summed E-state index contributed by atoms with van der Waals surface area (Å²) in [4.78, 5) is 22.3. The molecule has 21 heavy (non-hydrogen) atoms. The highest BCUT2D eigenvalue weighted by molar-refractivity contribution is 9.10. The maximum absolute atomic E-state index is 12.2. The number of amides is 1. The van der Waals surface area contributed by atoms with Gasteiger partial charge in [0.15, 0.2) is 0 Å². The fourth-order valence-electron chi connectivity index (χ4n) is 1.62. The maximum Gasteiger partial charge on any atom is 0.288 e. The zero-order valence-electron chi connectivity index (χ0n) is 10.3. The highest BCUT2D eigenvalue weighted by Crippen LogP contribution is 2.30. The summed E-state index contributed by atoms with van der Waals surface area (Å²) < 4.78 is 0.729. The predicted octanol–water partition coefficient (Wildman–Crippen LogP) is 4.92. The van der Waals surface area contributed by atoms with Crippen LogP contribution < -0.4 is 5.32 Å². The molecule has 0 atom stereocenters. The number of halogens is 3. The van der Waals surface area contributed by atoms with Crippen molar-refractivity contribution in [2.75, 3.05) is 5.32 Å². The lowest BCUT2D eigenvalue weighted by atomic mass is 10.2. The van der Waals surface area contributed by atoms with Crippen LogP contribution in [0.3, 0.4) is 0 Å². The molecule has 5 nitrogen and oxygen atoms in total. The van der Waals surface area contributed by atoms with Crippen molar-refractivity contribution >= 4 is 56.4 Å². The highest BCUT2D eigenvalue weighted by atomic mass is 79.9. The number of benzene rings is 2. The van der Waals surface area contributed by atoms with Crippen LogP contribution >= 0.6 is 39.1 Å². The number of nitro groups is 1. The maximum atomic E-state index is 12.2. The van der Waals surface area contributed by atoms with Gasteiger partial charge < -0.3 is 5.32 Å². The SMILES string of the molecule is O=C(Nc1cc(Br)ccc1Cl)c1cccc([N+](=O)[O-])c1Cl. The van der Waals surface area contributed by atoms with Crippen molar-refractivity contribution in [1.82, 2.24) is 0 Å². The van der Waals surface area contributed by atoms with Gasteiger partial charge in [0.25, 0.3) is 11.6 Å². The van der Waals surface area contributed by atoms with E-state index in [2.05, 4.69) is 21.2 Å². The lowest BCUT2D eigenvalue weighted by Crippen LogP contribution is -2.13. The molecule has 0 bridgehead atoms. The van der Waals surface area contributed by atoms with Gasteiger partial charge in [0.2, 0.25) is 0 Å². The van der Waals surface area contributed by atoms with Crippen molar-refractivity contribution in [2.24, 2.45) is 0 Å². The molecule has 8 heteroatoms. The summed E-state index contributed by atoms with van der Waals surface area (Å²) in [5, 5.41) is 13.5. The number of carbonyl (C=O) groups excluding carboxylic acids is 1. The fourth-order valence-corrected chi connectivity index (χ4v) is 2.43. The Morgan fingerprint density at radius 1 is 1.24 bits per heavy atom. The van der Waals surface area contributed by atoms with Crippen molar-refractivity contribution in [1.29, 1.82) is 0 Å². The molecular weight excluding hydrogens is 383 g/mol. The van der Waals surface area contributed by atoms with Crippen LogP contribution in [0.2, 0.25) is 10.0 Å². The second kappa shape index (κ2) is 6.43. The molecule has 0 saturated heterocycles. The van der Waals surface area contributed by atoms with Gasteiger partial charge in [-0.15, -0.1) is 0 Å². The highest BCUT2D eigenvalue weighted by Gasteiger charge is 2.20. The number of nitrogens with zero attached hydrogens (tertiary/aromatic N) is 1. The molecule has 0 radical (unpaired) electrons. The Hall–Kier alpha value is -1.63. The summed E-state index contributed by atoms with van der Waals surface area (Å²) in [7, 11) is 0. The largest absolute Gasteiger partial charge is 0.321 e. The van der Waals surface area contributed by atoms with Gasteiger partial charge in [-0.3, -0.25) is 14.9 Å². The second-order valence-electron chi connectivity index (χ2n) is 3.97. The standard InChI is InChI=1S/C13H7BrCl2N2O3/c14-7-4-5-9(15)10(6-7)17-13(19)8-2-1-3-11(12(8)16)18(20)21/h1-6H,(H,17,19). The summed E-state index contributed by atoms with van der Waals surface area (Å²) >= 11 is 15.1. The Bertz CT molecular complexity index is 737. The van der Waals surface area contributed by atoms with Crippen LogP contribution in [0.15, 0.2) is 40.9 Å². The van der Waals surface area contributed by atoms with Gasteiger partial charge in [-0.05, 0) is 24.3 Å². The number of anilines is 1. The van der Waals surface area contributed by atoms with E-state index in [1.807, 2.05) is 0 Å². The van der Waals surface area contributed by atoms with Gasteiger partial charge in [0, 0.05) is 10.5 Å². The third-order valence-electron chi connectivity index (χ3n) is 2.60. The quantitative estimate of drug-likeness (QED) is 0.598. The molecule has 0 aliphatic rings. The fraction of sp³-hybridized carbons (Fsp3) is 0. The minimum atomic E-state index is -0.648. The number of nitrogens with one attached hydrogen (secondary N) is 1. The minimum Gasteiger partial charge on any atom is -0.321 e. The second-order valence-corrected chi connectivity index (χ2v) is 5.67. The van der Waals surface area contributed by atoms with Gasteiger partial charge in [0.1, 0.15) is 5.02 Å². The molecule has 0 aromatic heterocycles. The Balaban J connectivity index is 2.35. The Morgan fingerprint density at radius 3 is 2.62 bits per heavy atom. The van der Waals surface area contributed by atoms with Crippen molar-refractivity contribution in [2.45, 2.75) is 0 Å². The third-order valence-corrected chi connectivity index (χ3v) is 3.82. The van der Waals surface area contributed by atoms with Crippen molar-refractivity contribution < 1.29 is 9.72 Å². The van der Waals surface area contributed by atoms with Gasteiger partial charge >= 0.3 is 0 Å². The Kier molecular flexibility index (Phi) is 4.82. The molecule has 0 heterocycles. The van der Waals surface area contributed by atoms with Gasteiger partial charge in [-0.2, -0.15) is 0 Å². The zero-order chi connectivity index (χ0) is 15.6. The summed E-state index contributed by atoms with van der Waals surface area (Å²) in [5.41, 5.74) is 0.0465. The van der Waals surface area contributed by atoms with Gasteiger partial charge in [0.05, 0.1) is 21.2 Å². The van der Waals surface area contributed by atoms with Crippen LogP contribution in [0.25, 0.3) is 0 Å². The van der Waals surface area contributed by atoms with E-state index in [9.17, 15) is 14.9 Å². The molecular formula is C13H7BrCl2N2O3. The predicted molar refractivity (Wildman–Crippen MR) is 85.2 cm³/mol. The number of rotatable bonds is 3. The van der Waals surface area contributed by atoms with Crippen molar-refractivity contribution in [3.8, 4) is 0 Å². The van der Waals surface area contributed by atoms with Crippen molar-refractivity contribution in [3.63, 3.8) is 0 Å². The zero-order valence-corrected chi connectivity index (χ0v) is 13.4. The smallest absolute Gasteiger partial charge is 0.288 e. The van der Waals surface area contributed by atoms with E-state index in [1.165, 1.54) is 18.2 Å². The molecule has 2 aromatic rings. The van der Waals surface area contributed by atoms with E-state index in [-0.39, 0.29) is 16.3 Å². The topological polar surface area (TPSA) is 72.2 Å². The number of hydrogen-bond donors (Lipinski definition) is 1. The van der Waals surface area contributed by atoms with E-state index >= 15 is 0 Å². The van der Waals surface area contributed by atoms with Gasteiger partial charge in [-0.25, -0.2) is 0 Å². The van der Waals surface area contributed by atoms with Crippen molar-refractivity contribution in [3.05, 3.63) is 66.6 Å². The van der Waals surface area contributed by atoms with E-state index in [0.717, 1.165) is 4.47 Å². The molecule has 1 amide bonds. The molecule has 0 unspecified atom stereocenters. The Morgan fingerprint density at radius 2 is 1.95 bits per heavy atom. The van der Waals surface area contributed by atoms with Gasteiger partial charge in [-0.1, -0.05) is 45.2 Å². The molecule has 0 aliphatic heterocycles. The normalized spacial score (nSPS) is 10.2. The van der Waals surface area contributed by atoms with E-state index in [0.29, 0.717) is 10.7 Å². The molecule has 0 spiro atoms. The van der Waals surface area contributed by atoms with E-state index in [1.54, 1.807) is 18.2 Å². The number of carbonyl (C=O) groups is 1. The van der Waals surface area contributed by atoms with Crippen LogP contribution in [0.5, 0.6) is 0 Å². The first-order chi connectivity index (χ1) is 9.90. The first-order valence-corrected chi connectivity index (χ1v) is 7.14. The van der Waals surface area contributed by atoms with Crippen LogP contribution in [-0.2, 0) is 0 Å². The summed E-state index contributed by atoms with van der Waals surface area (Å²) in [5.74, 6) is -0.580. The van der Waals surface area contributed by atoms with Crippen LogP contribution in [0.1, 0.15) is 10.4 Å². The molecule has 2 rings (SSSR count). The average molecular weight is 390 g/mol. The average Bonchev–Trinajstić information content (AvgIpc) is 2.42. The summed E-state index contributed by atoms with van der Waals surface area (Å²) in [6.45, 7) is 0. The lowest BCUT2D eigenvalue weighted by molar-refractivity contribution is -0.384. The number of hydrogen-bond acceptors (Lipinski definition) is 3. The third kappa shape index (κ3) is 3.53. The van der Waals surface area contributed by atoms with Crippen LogP contribution in [0, 0.1) is 10.1 Å². The minimum absolute atomic E-state index is 0.00177. The molecule has 0 aliphatic carbocycles. The van der Waals surface area contributed by atoms with E-state index in [4.69, 9.17) is 23.2 Å². The first kappa shape index (κ1) is 15.8.